The van der Waals surface area contributed by atoms with E-state index >= 15 is 0 Å². The predicted octanol–water partition coefficient (Wildman–Crippen LogP) is 11.1. The molecular weight excluding hydrogens is 541 g/mol. The number of rotatable bonds is 5. The molecule has 1 aromatic heterocycles. The predicted molar refractivity (Wildman–Crippen MR) is 187 cm³/mol. The Morgan fingerprint density at radius 3 is 2.21 bits per heavy atom. The molecule has 0 radical (unpaired) electrons. The maximum absolute atomic E-state index is 5.12. The number of amidine groups is 1. The highest BCUT2D eigenvalue weighted by Crippen LogP contribution is 2.45. The van der Waals surface area contributed by atoms with E-state index in [0.29, 0.717) is 6.54 Å². The van der Waals surface area contributed by atoms with Crippen LogP contribution in [0.15, 0.2) is 143 Å². The highest BCUT2D eigenvalue weighted by Gasteiger charge is 2.16. The quantitative estimate of drug-likeness (QED) is 0.112. The second-order valence-electron chi connectivity index (χ2n) is 11.3. The largest absolute Gasteiger partial charge is 0.261 e. The lowest BCUT2D eigenvalue weighted by Crippen LogP contribution is -2.06. The van der Waals surface area contributed by atoms with Gasteiger partial charge >= 0.3 is 0 Å². The summed E-state index contributed by atoms with van der Waals surface area (Å²) in [6.07, 6.45) is 8.59. The van der Waals surface area contributed by atoms with Crippen molar-refractivity contribution in [1.29, 1.82) is 0 Å². The van der Waals surface area contributed by atoms with Gasteiger partial charge in [0.05, 0.1) is 6.54 Å². The second kappa shape index (κ2) is 10.8. The van der Waals surface area contributed by atoms with Crippen LogP contribution in [0.4, 0.5) is 0 Å². The zero-order chi connectivity index (χ0) is 28.8. The van der Waals surface area contributed by atoms with Gasteiger partial charge in [-0.3, -0.25) is 4.99 Å². The van der Waals surface area contributed by atoms with E-state index in [1.165, 1.54) is 64.0 Å². The van der Waals surface area contributed by atoms with E-state index in [1.54, 1.807) is 0 Å². The highest BCUT2D eigenvalue weighted by atomic mass is 32.1. The molecule has 8 rings (SSSR count). The Balaban J connectivity index is 1.25. The van der Waals surface area contributed by atoms with Crippen LogP contribution in [0.1, 0.15) is 30.9 Å². The van der Waals surface area contributed by atoms with Gasteiger partial charge in [0.15, 0.2) is 5.84 Å². The van der Waals surface area contributed by atoms with E-state index in [0.717, 1.165) is 30.0 Å². The summed E-state index contributed by atoms with van der Waals surface area (Å²) in [6, 6.07) is 39.5. The molecule has 0 fully saturated rings. The Morgan fingerprint density at radius 1 is 0.698 bits per heavy atom. The number of hydrogen-bond donors (Lipinski definition) is 0. The number of nitrogens with zero attached hydrogens (tertiary/aromatic N) is 2. The SMILES string of the molecule is C/C(=N\C(=N/Cc1ccccc1)c1cccc(-c2ccc3c(c2)c2cccc4sc5cccc3c5c42)c1)C1=CC=CCC1. The van der Waals surface area contributed by atoms with Crippen LogP contribution in [-0.4, -0.2) is 11.5 Å². The fourth-order valence-electron chi connectivity index (χ4n) is 6.41. The summed E-state index contributed by atoms with van der Waals surface area (Å²) in [5, 5.41) is 8.07. The fourth-order valence-corrected chi connectivity index (χ4v) is 7.57. The Kier molecular flexibility index (Phi) is 6.46. The number of thiophene rings is 1. The molecule has 0 unspecified atom stereocenters. The van der Waals surface area contributed by atoms with Crippen molar-refractivity contribution in [3.05, 3.63) is 144 Å². The number of benzene rings is 6. The third-order valence-corrected chi connectivity index (χ3v) is 9.70. The molecule has 3 heteroatoms. The van der Waals surface area contributed by atoms with Crippen molar-refractivity contribution in [3.8, 4) is 11.1 Å². The molecule has 0 N–H and O–H groups in total. The molecule has 6 aromatic carbocycles. The van der Waals surface area contributed by atoms with Crippen LogP contribution in [0, 0.1) is 0 Å². The van der Waals surface area contributed by atoms with Gasteiger partial charge in [0.1, 0.15) is 0 Å². The fraction of sp³-hybridized carbons (Fsp3) is 0.100. The molecule has 0 atom stereocenters. The van der Waals surface area contributed by atoms with Gasteiger partial charge in [-0.2, -0.15) is 0 Å². The number of allylic oxidation sites excluding steroid dienone is 4. The van der Waals surface area contributed by atoms with Crippen LogP contribution in [-0.2, 0) is 6.54 Å². The van der Waals surface area contributed by atoms with Crippen molar-refractivity contribution in [2.75, 3.05) is 0 Å². The second-order valence-corrected chi connectivity index (χ2v) is 12.4. The lowest BCUT2D eigenvalue weighted by atomic mass is 9.92. The minimum absolute atomic E-state index is 0.591. The molecule has 1 heterocycles. The molecule has 0 saturated carbocycles. The third-order valence-electron chi connectivity index (χ3n) is 8.58. The van der Waals surface area contributed by atoms with Gasteiger partial charge in [-0.05, 0) is 87.8 Å². The van der Waals surface area contributed by atoms with Gasteiger partial charge in [0, 0.05) is 31.4 Å². The molecule has 2 nitrogen and oxygen atoms in total. The average molecular weight is 571 g/mol. The standard InChI is InChI=1S/C40H30N2S/c1-26(28-13-6-3-7-14-28)42-40(41-25-27-11-4-2-5-12-27)31-16-8-15-29(23-31)30-21-22-32-33-17-9-19-36-38(33)39-34(35(32)24-30)18-10-20-37(39)43-36/h2-6,8-13,15-24H,7,14,25H2,1H3/b41-40-,42-26+. The lowest BCUT2D eigenvalue weighted by Gasteiger charge is -2.13. The Hall–Kier alpha value is -4.86. The first-order valence-electron chi connectivity index (χ1n) is 14.9. The van der Waals surface area contributed by atoms with Crippen molar-refractivity contribution in [2.45, 2.75) is 26.3 Å². The van der Waals surface area contributed by atoms with Crippen LogP contribution in [0.5, 0.6) is 0 Å². The minimum Gasteiger partial charge on any atom is -0.261 e. The maximum Gasteiger partial charge on any atom is 0.155 e. The van der Waals surface area contributed by atoms with Crippen LogP contribution >= 0.6 is 11.3 Å². The summed E-state index contributed by atoms with van der Waals surface area (Å²) in [5.41, 5.74) is 6.88. The van der Waals surface area contributed by atoms with E-state index in [1.807, 2.05) is 17.4 Å². The number of fused-ring (bicyclic) bond motifs is 3. The van der Waals surface area contributed by atoms with Crippen molar-refractivity contribution in [2.24, 2.45) is 9.98 Å². The van der Waals surface area contributed by atoms with Crippen LogP contribution in [0.25, 0.3) is 52.8 Å². The van der Waals surface area contributed by atoms with Gasteiger partial charge in [-0.1, -0.05) is 103 Å². The molecule has 43 heavy (non-hydrogen) atoms. The van der Waals surface area contributed by atoms with Crippen LogP contribution in [0.2, 0.25) is 0 Å². The van der Waals surface area contributed by atoms with Gasteiger partial charge in [-0.25, -0.2) is 4.99 Å². The summed E-state index contributed by atoms with van der Waals surface area (Å²) >= 11 is 1.89. The van der Waals surface area contributed by atoms with Crippen LogP contribution < -0.4 is 0 Å². The summed E-state index contributed by atoms with van der Waals surface area (Å²) in [5.74, 6) is 0.774. The van der Waals surface area contributed by atoms with E-state index in [2.05, 4.69) is 128 Å². The molecule has 206 valence electrons. The van der Waals surface area contributed by atoms with E-state index in [9.17, 15) is 0 Å². The molecule has 1 aliphatic carbocycles. The average Bonchev–Trinajstić information content (AvgIpc) is 3.46. The van der Waals surface area contributed by atoms with Gasteiger partial charge in [0.2, 0.25) is 0 Å². The molecule has 7 aromatic rings. The number of hydrogen-bond acceptors (Lipinski definition) is 2. The monoisotopic (exact) mass is 570 g/mol. The minimum atomic E-state index is 0.591. The van der Waals surface area contributed by atoms with E-state index < -0.39 is 0 Å². The van der Waals surface area contributed by atoms with Gasteiger partial charge < -0.3 is 0 Å². The van der Waals surface area contributed by atoms with E-state index in [-0.39, 0.29) is 0 Å². The first-order valence-corrected chi connectivity index (χ1v) is 15.7. The molecule has 0 amide bonds. The molecule has 0 saturated heterocycles. The molecule has 0 bridgehead atoms. The van der Waals surface area contributed by atoms with Gasteiger partial charge in [0.25, 0.3) is 0 Å². The summed E-state index contributed by atoms with van der Waals surface area (Å²) in [4.78, 5) is 10.2. The molecule has 0 spiro atoms. The maximum atomic E-state index is 5.12. The van der Waals surface area contributed by atoms with Crippen molar-refractivity contribution in [3.63, 3.8) is 0 Å². The van der Waals surface area contributed by atoms with Crippen molar-refractivity contribution >= 4 is 64.6 Å². The Labute approximate surface area is 255 Å². The Morgan fingerprint density at radius 2 is 1.44 bits per heavy atom. The normalized spacial score (nSPS) is 14.4. The first kappa shape index (κ1) is 25.8. The van der Waals surface area contributed by atoms with Crippen molar-refractivity contribution < 1.29 is 0 Å². The molecule has 0 aliphatic heterocycles. The third kappa shape index (κ3) is 4.67. The highest BCUT2D eigenvalue weighted by molar-refractivity contribution is 7.26. The number of aliphatic imine (C=N–C) groups is 2. The first-order chi connectivity index (χ1) is 21.2. The lowest BCUT2D eigenvalue weighted by molar-refractivity contribution is 1.00. The molecule has 1 aliphatic rings. The Bertz CT molecular complexity index is 2260. The summed E-state index contributed by atoms with van der Waals surface area (Å²) in [6.45, 7) is 2.70. The summed E-state index contributed by atoms with van der Waals surface area (Å²) in [7, 11) is 0. The summed E-state index contributed by atoms with van der Waals surface area (Å²) < 4.78 is 2.72. The topological polar surface area (TPSA) is 24.7 Å². The van der Waals surface area contributed by atoms with E-state index in [4.69, 9.17) is 9.98 Å². The van der Waals surface area contributed by atoms with Crippen LogP contribution in [0.3, 0.4) is 0 Å². The zero-order valence-electron chi connectivity index (χ0n) is 24.0. The smallest absolute Gasteiger partial charge is 0.155 e. The zero-order valence-corrected chi connectivity index (χ0v) is 24.9. The van der Waals surface area contributed by atoms with Gasteiger partial charge in [-0.15, -0.1) is 11.3 Å². The van der Waals surface area contributed by atoms with Crippen molar-refractivity contribution in [1.82, 2.24) is 0 Å². The molecular formula is C40H30N2S.